The van der Waals surface area contributed by atoms with E-state index in [4.69, 9.17) is 32.5 Å². The Bertz CT molecular complexity index is 1380. The van der Waals surface area contributed by atoms with Gasteiger partial charge in [-0.25, -0.2) is 24.1 Å². The summed E-state index contributed by atoms with van der Waals surface area (Å²) in [6.07, 6.45) is 11.4. The molecule has 200 valence electrons. The van der Waals surface area contributed by atoms with Crippen molar-refractivity contribution in [1.82, 2.24) is 24.5 Å². The molecular weight excluding hydrogens is 509 g/mol. The predicted molar refractivity (Wildman–Crippen MR) is 143 cm³/mol. The van der Waals surface area contributed by atoms with Crippen molar-refractivity contribution in [3.8, 4) is 11.3 Å². The summed E-state index contributed by atoms with van der Waals surface area (Å²) in [6, 6.07) is 1.69. The Morgan fingerprint density at radius 3 is 2.61 bits per heavy atom. The molecule has 38 heavy (non-hydrogen) atoms. The molecule has 0 spiro atoms. The molecule has 0 atom stereocenters. The van der Waals surface area contributed by atoms with Gasteiger partial charge in [-0.1, -0.05) is 24.1 Å². The first-order valence-electron chi connectivity index (χ1n) is 13.0. The van der Waals surface area contributed by atoms with Gasteiger partial charge in [-0.05, 0) is 69.3 Å². The van der Waals surface area contributed by atoms with Crippen LogP contribution in [0, 0.1) is 17.2 Å². The number of primary amides is 1. The smallest absolute Gasteiger partial charge is 0.388 e. The molecule has 2 aliphatic carbocycles. The normalized spacial score (nSPS) is 21.2. The minimum absolute atomic E-state index is 0.189. The van der Waals surface area contributed by atoms with Gasteiger partial charge in [0.2, 0.25) is 5.82 Å². The second-order valence-electron chi connectivity index (χ2n) is 10.3. The number of carbonyl (C=O) groups is 1. The van der Waals surface area contributed by atoms with Crippen LogP contribution in [-0.2, 0) is 17.0 Å². The highest BCUT2D eigenvalue weighted by Gasteiger charge is 2.40. The van der Waals surface area contributed by atoms with Gasteiger partial charge in [0.05, 0.1) is 5.02 Å². The lowest BCUT2D eigenvalue weighted by Gasteiger charge is -2.32. The molecule has 2 fully saturated rings. The first-order valence-corrected chi connectivity index (χ1v) is 13.4. The number of imidazole rings is 1. The summed E-state index contributed by atoms with van der Waals surface area (Å²) in [5.41, 5.74) is 5.23. The largest absolute Gasteiger partial charge is 0.411 e. The van der Waals surface area contributed by atoms with Crippen molar-refractivity contribution >= 4 is 34.8 Å². The zero-order chi connectivity index (χ0) is 26.9. The summed E-state index contributed by atoms with van der Waals surface area (Å²) in [5, 5.41) is 8.56. The monoisotopic (exact) mass is 539 g/mol. The predicted octanol–water partition coefficient (Wildman–Crippen LogP) is 6.08. The molecule has 2 saturated carbocycles. The maximum Gasteiger partial charge on any atom is 0.411 e. The Morgan fingerprint density at radius 1 is 1.21 bits per heavy atom. The Balaban J connectivity index is 1.71. The van der Waals surface area contributed by atoms with E-state index >= 15 is 4.39 Å². The molecule has 3 aromatic rings. The van der Waals surface area contributed by atoms with Crippen LogP contribution in [0.3, 0.4) is 0 Å². The fraction of sp³-hybridized carbons (Fsp3) is 0.481. The number of fused-ring (bicyclic) bond motifs is 1. The molecule has 0 aromatic carbocycles. The topological polar surface area (TPSA) is 133 Å². The number of hydrogen-bond donors (Lipinski definition) is 2. The van der Waals surface area contributed by atoms with Gasteiger partial charge in [-0.3, -0.25) is 10.4 Å². The Kier molecular flexibility index (Phi) is 7.43. The minimum atomic E-state index is -1.60. The molecule has 1 amide bonds. The molecule has 0 bridgehead atoms. The summed E-state index contributed by atoms with van der Waals surface area (Å²) in [4.78, 5) is 29.2. The van der Waals surface area contributed by atoms with Gasteiger partial charge in [0.1, 0.15) is 17.0 Å². The summed E-state index contributed by atoms with van der Waals surface area (Å²) < 4.78 is 23.3. The number of hydrogen-bond acceptors (Lipinski definition) is 7. The number of allylic oxidation sites excluding steroid dienone is 1. The number of carbonyl (C=O) groups excluding carboxylic acids is 1. The number of rotatable bonds is 6. The molecule has 11 heteroatoms. The van der Waals surface area contributed by atoms with Crippen LogP contribution in [-0.4, -0.2) is 36.5 Å². The Hall–Kier alpha value is -3.40. The van der Waals surface area contributed by atoms with Gasteiger partial charge in [-0.15, -0.1) is 6.58 Å². The van der Waals surface area contributed by atoms with Crippen LogP contribution in [0.2, 0.25) is 5.02 Å². The number of pyridine rings is 1. The third-order valence-corrected chi connectivity index (χ3v) is 7.91. The molecule has 3 heterocycles. The average molecular weight is 540 g/mol. The van der Waals surface area contributed by atoms with Crippen LogP contribution >= 0.6 is 11.6 Å². The van der Waals surface area contributed by atoms with Gasteiger partial charge < -0.3 is 15.0 Å². The van der Waals surface area contributed by atoms with Crippen LogP contribution in [0.25, 0.3) is 22.4 Å². The lowest BCUT2D eigenvalue weighted by molar-refractivity contribution is 0.0892. The van der Waals surface area contributed by atoms with E-state index < -0.39 is 17.7 Å². The number of aromatic nitrogens is 5. The Morgan fingerprint density at radius 2 is 1.95 bits per heavy atom. The van der Waals surface area contributed by atoms with Crippen molar-refractivity contribution in [2.24, 2.45) is 17.6 Å². The van der Waals surface area contributed by atoms with Gasteiger partial charge in [0.25, 0.3) is 5.90 Å². The molecule has 0 saturated heterocycles. The third-order valence-electron chi connectivity index (χ3n) is 7.70. The average Bonchev–Trinajstić information content (AvgIpc) is 3.28. The van der Waals surface area contributed by atoms with E-state index in [1.165, 1.54) is 6.20 Å². The molecule has 3 N–H and O–H groups in total. The summed E-state index contributed by atoms with van der Waals surface area (Å²) >= 11 is 6.26. The van der Waals surface area contributed by atoms with E-state index in [0.29, 0.717) is 58.8 Å². The van der Waals surface area contributed by atoms with Crippen molar-refractivity contribution in [2.75, 3.05) is 0 Å². The van der Waals surface area contributed by atoms with E-state index in [-0.39, 0.29) is 11.5 Å². The molecule has 9 nitrogen and oxygen atoms in total. The van der Waals surface area contributed by atoms with Crippen molar-refractivity contribution in [3.05, 3.63) is 47.8 Å². The fourth-order valence-electron chi connectivity index (χ4n) is 5.75. The fourth-order valence-corrected chi connectivity index (χ4v) is 5.92. The number of amides is 1. The highest BCUT2D eigenvalue weighted by molar-refractivity contribution is 6.30. The molecule has 0 aliphatic heterocycles. The SMILES string of the molecule is C=C[C@H]1CC[C@H](Cn2c(C3(F)CCCCC3)nc3nc(C(=N)OC(N)=O)nc(-c4cncc(Cl)c4)c32)CC1. The lowest BCUT2D eigenvalue weighted by Crippen LogP contribution is -2.29. The van der Waals surface area contributed by atoms with Gasteiger partial charge >= 0.3 is 6.09 Å². The molecule has 0 radical (unpaired) electrons. The quantitative estimate of drug-likeness (QED) is 0.221. The first-order chi connectivity index (χ1) is 18.3. The number of nitrogens with zero attached hydrogens (tertiary/aromatic N) is 5. The second kappa shape index (κ2) is 10.8. The minimum Gasteiger partial charge on any atom is -0.388 e. The van der Waals surface area contributed by atoms with Crippen LogP contribution in [0.15, 0.2) is 31.1 Å². The number of nitrogens with one attached hydrogen (secondary N) is 1. The Labute approximate surface area is 225 Å². The highest BCUT2D eigenvalue weighted by atomic mass is 35.5. The van der Waals surface area contributed by atoms with Crippen molar-refractivity contribution < 1.29 is 13.9 Å². The standard InChI is InChI=1S/C27H31ClFN7O2/c1-2-16-6-8-17(9-7-16)15-36-21-20(18-12-19(28)14-32-13-18)33-24(22(30)38-26(31)37)34-23(21)35-25(36)27(29)10-4-3-5-11-27/h2,12-14,16-17,30H,1,3-11,15H2,(H2,31,37)/t16-,17-. The van der Waals surface area contributed by atoms with Crippen LogP contribution in [0.5, 0.6) is 0 Å². The lowest BCUT2D eigenvalue weighted by atomic mass is 9.81. The summed E-state index contributed by atoms with van der Waals surface area (Å²) in [6.45, 7) is 4.52. The molecule has 0 unspecified atom stereocenters. The van der Waals surface area contributed by atoms with Crippen molar-refractivity contribution in [2.45, 2.75) is 70.0 Å². The number of alkyl halides is 1. The molecule has 2 aliphatic rings. The number of nitrogens with two attached hydrogens (primary N) is 1. The van der Waals surface area contributed by atoms with E-state index in [0.717, 1.165) is 44.9 Å². The number of ether oxygens (including phenoxy) is 1. The van der Waals surface area contributed by atoms with Crippen LogP contribution in [0.1, 0.15) is 69.4 Å². The zero-order valence-electron chi connectivity index (χ0n) is 21.1. The van der Waals surface area contributed by atoms with E-state index in [2.05, 4.69) is 21.5 Å². The molecule has 3 aromatic heterocycles. The van der Waals surface area contributed by atoms with E-state index in [1.807, 2.05) is 10.6 Å². The zero-order valence-corrected chi connectivity index (χ0v) is 21.9. The molecule has 5 rings (SSSR count). The van der Waals surface area contributed by atoms with Crippen molar-refractivity contribution in [3.63, 3.8) is 0 Å². The van der Waals surface area contributed by atoms with Crippen LogP contribution in [0.4, 0.5) is 9.18 Å². The summed E-state index contributed by atoms with van der Waals surface area (Å²) in [5.74, 6) is 0.359. The number of halogens is 2. The first kappa shape index (κ1) is 26.2. The van der Waals surface area contributed by atoms with Crippen molar-refractivity contribution in [1.29, 1.82) is 5.41 Å². The van der Waals surface area contributed by atoms with Gasteiger partial charge in [-0.2, -0.15) is 0 Å². The maximum atomic E-state index is 16.6. The van der Waals surface area contributed by atoms with Gasteiger partial charge in [0, 0.05) is 24.5 Å². The van der Waals surface area contributed by atoms with E-state index in [1.54, 1.807) is 12.3 Å². The third kappa shape index (κ3) is 5.27. The van der Waals surface area contributed by atoms with Gasteiger partial charge in [0.15, 0.2) is 11.3 Å². The van der Waals surface area contributed by atoms with Crippen LogP contribution < -0.4 is 5.73 Å². The second-order valence-corrected chi connectivity index (χ2v) is 10.7. The van der Waals surface area contributed by atoms with E-state index in [9.17, 15) is 4.79 Å². The highest BCUT2D eigenvalue weighted by Crippen LogP contribution is 2.43. The molecular formula is C27H31ClFN7O2. The maximum absolute atomic E-state index is 16.6. The summed E-state index contributed by atoms with van der Waals surface area (Å²) in [7, 11) is 0.